The molecule has 0 aromatic heterocycles. The molecular formula is C15H25NO. The zero-order valence-electron chi connectivity index (χ0n) is 11.8. The van der Waals surface area contributed by atoms with E-state index in [1.54, 1.807) is 7.11 Å². The molecule has 17 heavy (non-hydrogen) atoms. The van der Waals surface area contributed by atoms with Gasteiger partial charge in [-0.15, -0.1) is 0 Å². The maximum atomic E-state index is 5.33. The first-order chi connectivity index (χ1) is 8.05. The first-order valence-electron chi connectivity index (χ1n) is 6.47. The lowest BCUT2D eigenvalue weighted by atomic mass is 9.81. The molecule has 0 aliphatic heterocycles. The number of anilines is 1. The first kappa shape index (κ1) is 13.9. The van der Waals surface area contributed by atoms with Gasteiger partial charge >= 0.3 is 0 Å². The lowest BCUT2D eigenvalue weighted by molar-refractivity contribution is 0.411. The number of hydrogen-bond acceptors (Lipinski definition) is 2. The summed E-state index contributed by atoms with van der Waals surface area (Å²) in [6.45, 7) is 9.97. The van der Waals surface area contributed by atoms with Crippen molar-refractivity contribution in [2.24, 2.45) is 0 Å². The van der Waals surface area contributed by atoms with Gasteiger partial charge in [0, 0.05) is 12.2 Å². The molecule has 0 unspecified atom stereocenters. The van der Waals surface area contributed by atoms with Crippen LogP contribution in [0.1, 0.15) is 46.1 Å². The first-order valence-corrected chi connectivity index (χ1v) is 6.47. The Morgan fingerprint density at radius 2 is 1.94 bits per heavy atom. The third-order valence-corrected chi connectivity index (χ3v) is 3.41. The molecule has 0 aliphatic carbocycles. The van der Waals surface area contributed by atoms with Crippen molar-refractivity contribution in [1.82, 2.24) is 0 Å². The number of nitrogens with one attached hydrogen (secondary N) is 1. The predicted molar refractivity (Wildman–Crippen MR) is 75.1 cm³/mol. The van der Waals surface area contributed by atoms with Gasteiger partial charge in [0.25, 0.3) is 0 Å². The maximum Gasteiger partial charge on any atom is 0.119 e. The molecule has 0 heterocycles. The molecule has 0 atom stereocenters. The maximum absolute atomic E-state index is 5.33. The molecule has 0 radical (unpaired) electrons. The summed E-state index contributed by atoms with van der Waals surface area (Å²) in [5.41, 5.74) is 2.75. The van der Waals surface area contributed by atoms with E-state index in [2.05, 4.69) is 45.1 Å². The second-order valence-electron chi connectivity index (χ2n) is 5.08. The van der Waals surface area contributed by atoms with Gasteiger partial charge in [0.05, 0.1) is 7.11 Å². The molecule has 96 valence electrons. The fourth-order valence-electron chi connectivity index (χ4n) is 1.81. The van der Waals surface area contributed by atoms with Crippen LogP contribution < -0.4 is 10.1 Å². The summed E-state index contributed by atoms with van der Waals surface area (Å²) in [7, 11) is 1.72. The normalized spacial score (nSPS) is 11.4. The van der Waals surface area contributed by atoms with Crippen LogP contribution in [0.2, 0.25) is 0 Å². The second kappa shape index (κ2) is 5.95. The fourth-order valence-corrected chi connectivity index (χ4v) is 1.81. The minimum absolute atomic E-state index is 0.171. The molecule has 0 fully saturated rings. The Hall–Kier alpha value is -1.18. The van der Waals surface area contributed by atoms with E-state index in [9.17, 15) is 0 Å². The molecule has 0 saturated carbocycles. The predicted octanol–water partition coefficient (Wildman–Crippen LogP) is 4.20. The number of ether oxygens (including phenoxy) is 1. The van der Waals surface area contributed by atoms with Gasteiger partial charge < -0.3 is 10.1 Å². The van der Waals surface area contributed by atoms with Crippen molar-refractivity contribution in [3.05, 3.63) is 23.8 Å². The molecule has 2 heteroatoms. The van der Waals surface area contributed by atoms with Crippen LogP contribution in [0.25, 0.3) is 0 Å². The number of hydrogen-bond donors (Lipinski definition) is 1. The third kappa shape index (κ3) is 3.39. The van der Waals surface area contributed by atoms with Crippen LogP contribution in [-0.4, -0.2) is 13.7 Å². The van der Waals surface area contributed by atoms with Gasteiger partial charge in [0.1, 0.15) is 5.75 Å². The van der Waals surface area contributed by atoms with Gasteiger partial charge in [-0.3, -0.25) is 0 Å². The molecule has 2 nitrogen and oxygen atoms in total. The zero-order chi connectivity index (χ0) is 12.9. The molecule has 1 rings (SSSR count). The average molecular weight is 235 g/mol. The largest absolute Gasteiger partial charge is 0.497 e. The van der Waals surface area contributed by atoms with Crippen molar-refractivity contribution >= 4 is 5.69 Å². The molecule has 0 aliphatic rings. The van der Waals surface area contributed by atoms with E-state index in [0.717, 1.165) is 25.1 Å². The summed E-state index contributed by atoms with van der Waals surface area (Å²) < 4.78 is 5.33. The van der Waals surface area contributed by atoms with E-state index >= 15 is 0 Å². The van der Waals surface area contributed by atoms with E-state index in [-0.39, 0.29) is 5.41 Å². The second-order valence-corrected chi connectivity index (χ2v) is 5.08. The molecule has 1 N–H and O–H groups in total. The quantitative estimate of drug-likeness (QED) is 0.797. The van der Waals surface area contributed by atoms with Gasteiger partial charge in [-0.1, -0.05) is 27.7 Å². The zero-order valence-corrected chi connectivity index (χ0v) is 11.8. The van der Waals surface area contributed by atoms with Crippen LogP contribution in [0.4, 0.5) is 5.69 Å². The van der Waals surface area contributed by atoms with Gasteiger partial charge in [-0.2, -0.15) is 0 Å². The van der Waals surface area contributed by atoms with Crippen molar-refractivity contribution in [3.8, 4) is 5.75 Å². The van der Waals surface area contributed by atoms with E-state index in [4.69, 9.17) is 4.74 Å². The molecule has 0 bridgehead atoms. The van der Waals surface area contributed by atoms with E-state index in [1.807, 2.05) is 6.07 Å². The van der Waals surface area contributed by atoms with Gasteiger partial charge in [0.15, 0.2) is 0 Å². The van der Waals surface area contributed by atoms with Crippen LogP contribution in [0, 0.1) is 0 Å². The lowest BCUT2D eigenvalue weighted by Crippen LogP contribution is -2.18. The Labute approximate surface area is 105 Å². The topological polar surface area (TPSA) is 21.3 Å². The minimum Gasteiger partial charge on any atom is -0.497 e. The van der Waals surface area contributed by atoms with E-state index in [1.165, 1.54) is 11.3 Å². The van der Waals surface area contributed by atoms with Crippen molar-refractivity contribution in [3.63, 3.8) is 0 Å². The van der Waals surface area contributed by atoms with Gasteiger partial charge in [-0.25, -0.2) is 0 Å². The van der Waals surface area contributed by atoms with Crippen molar-refractivity contribution in [1.29, 1.82) is 0 Å². The lowest BCUT2D eigenvalue weighted by Gasteiger charge is -2.27. The fraction of sp³-hybridized carbons (Fsp3) is 0.600. The molecular weight excluding hydrogens is 210 g/mol. The van der Waals surface area contributed by atoms with Crippen LogP contribution >= 0.6 is 0 Å². The van der Waals surface area contributed by atoms with Crippen LogP contribution in [0.3, 0.4) is 0 Å². The highest BCUT2D eigenvalue weighted by Gasteiger charge is 2.22. The molecule has 0 saturated heterocycles. The Bertz CT molecular complexity index is 358. The van der Waals surface area contributed by atoms with Crippen LogP contribution in [0.5, 0.6) is 5.75 Å². The van der Waals surface area contributed by atoms with Crippen molar-refractivity contribution < 1.29 is 4.74 Å². The Kier molecular flexibility index (Phi) is 4.86. The summed E-state index contributed by atoms with van der Waals surface area (Å²) in [5.74, 6) is 0.934. The highest BCUT2D eigenvalue weighted by molar-refractivity contribution is 5.57. The molecule has 0 amide bonds. The summed E-state index contributed by atoms with van der Waals surface area (Å²) in [4.78, 5) is 0. The highest BCUT2D eigenvalue weighted by atomic mass is 16.5. The van der Waals surface area contributed by atoms with E-state index < -0.39 is 0 Å². The monoisotopic (exact) mass is 235 g/mol. The van der Waals surface area contributed by atoms with Crippen molar-refractivity contribution in [2.75, 3.05) is 19.0 Å². The summed E-state index contributed by atoms with van der Waals surface area (Å²) in [6, 6.07) is 6.30. The summed E-state index contributed by atoms with van der Waals surface area (Å²) >= 11 is 0. The van der Waals surface area contributed by atoms with Crippen molar-refractivity contribution in [2.45, 2.75) is 46.0 Å². The Balaban J connectivity index is 3.11. The SMILES string of the molecule is CCCNc1ccc(OC)cc1C(C)(C)CC. The number of benzene rings is 1. The smallest absolute Gasteiger partial charge is 0.119 e. The number of methoxy groups -OCH3 is 1. The molecule has 1 aromatic rings. The highest BCUT2D eigenvalue weighted by Crippen LogP contribution is 2.35. The van der Waals surface area contributed by atoms with Gasteiger partial charge in [0.2, 0.25) is 0 Å². The molecule has 0 spiro atoms. The van der Waals surface area contributed by atoms with Crippen LogP contribution in [-0.2, 0) is 5.41 Å². The Morgan fingerprint density at radius 3 is 2.47 bits per heavy atom. The molecule has 1 aromatic carbocycles. The Morgan fingerprint density at radius 1 is 1.24 bits per heavy atom. The number of rotatable bonds is 6. The minimum atomic E-state index is 0.171. The standard InChI is InChI=1S/C15H25NO/c1-6-10-16-14-9-8-12(17-5)11-13(14)15(3,4)7-2/h8-9,11,16H,6-7,10H2,1-5H3. The average Bonchev–Trinajstić information content (AvgIpc) is 2.36. The third-order valence-electron chi connectivity index (χ3n) is 3.41. The summed E-state index contributed by atoms with van der Waals surface area (Å²) in [5, 5.41) is 3.50. The van der Waals surface area contributed by atoms with E-state index in [0.29, 0.717) is 0 Å². The summed E-state index contributed by atoms with van der Waals surface area (Å²) in [6.07, 6.45) is 2.25. The van der Waals surface area contributed by atoms with Crippen LogP contribution in [0.15, 0.2) is 18.2 Å². The van der Waals surface area contributed by atoms with Gasteiger partial charge in [-0.05, 0) is 42.0 Å².